The van der Waals surface area contributed by atoms with E-state index in [0.717, 1.165) is 5.56 Å². The van der Waals surface area contributed by atoms with Crippen LogP contribution >= 0.6 is 0 Å². The van der Waals surface area contributed by atoms with Crippen molar-refractivity contribution in [3.8, 4) is 0 Å². The largest absolute Gasteiger partial charge is 0.391 e. The summed E-state index contributed by atoms with van der Waals surface area (Å²) in [5, 5.41) is 4.14. The van der Waals surface area contributed by atoms with Gasteiger partial charge in [0.2, 0.25) is 0 Å². The van der Waals surface area contributed by atoms with E-state index < -0.39 is 18.3 Å². The predicted molar refractivity (Wildman–Crippen MR) is 86.7 cm³/mol. The number of likely N-dealkylation sites (tertiary alicyclic amines) is 1. The molecule has 142 valence electrons. The lowest BCUT2D eigenvalue weighted by Gasteiger charge is -2.39. The minimum Gasteiger partial charge on any atom is -0.305 e. The second-order valence-corrected chi connectivity index (χ2v) is 7.74. The molecule has 0 amide bonds. The fourth-order valence-corrected chi connectivity index (χ4v) is 4.12. The van der Waals surface area contributed by atoms with Crippen LogP contribution in [0.4, 0.5) is 17.6 Å². The molecule has 25 heavy (non-hydrogen) atoms. The van der Waals surface area contributed by atoms with E-state index in [1.165, 1.54) is 0 Å². The van der Waals surface area contributed by atoms with Crippen molar-refractivity contribution in [3.63, 3.8) is 0 Å². The number of halogens is 4. The molecule has 1 saturated heterocycles. The highest BCUT2D eigenvalue weighted by atomic mass is 19.4. The number of alkyl halides is 4. The molecule has 0 radical (unpaired) electrons. The van der Waals surface area contributed by atoms with Gasteiger partial charge in [-0.25, -0.2) is 4.39 Å². The summed E-state index contributed by atoms with van der Waals surface area (Å²) in [7, 11) is 3.78. The van der Waals surface area contributed by atoms with Gasteiger partial charge in [-0.3, -0.25) is 9.58 Å². The van der Waals surface area contributed by atoms with Gasteiger partial charge in [0.15, 0.2) is 0 Å². The van der Waals surface area contributed by atoms with Crippen molar-refractivity contribution in [1.29, 1.82) is 0 Å². The number of likely N-dealkylation sites (N-methyl/N-ethyl adjacent to an activating group) is 1. The van der Waals surface area contributed by atoms with Crippen LogP contribution in [0, 0.1) is 11.8 Å². The van der Waals surface area contributed by atoms with Crippen molar-refractivity contribution in [3.05, 3.63) is 18.0 Å². The summed E-state index contributed by atoms with van der Waals surface area (Å²) in [4.78, 5) is 4.19. The van der Waals surface area contributed by atoms with Gasteiger partial charge >= 0.3 is 6.18 Å². The van der Waals surface area contributed by atoms with Crippen molar-refractivity contribution in [2.45, 2.75) is 44.2 Å². The molecule has 1 aliphatic carbocycles. The fourth-order valence-electron chi connectivity index (χ4n) is 4.12. The van der Waals surface area contributed by atoms with E-state index in [1.807, 2.05) is 20.3 Å². The number of aromatic nitrogens is 2. The van der Waals surface area contributed by atoms with Gasteiger partial charge in [-0.1, -0.05) is 0 Å². The predicted octanol–water partition coefficient (Wildman–Crippen LogP) is 2.85. The molecule has 2 atom stereocenters. The minimum atomic E-state index is -4.05. The Kier molecular flexibility index (Phi) is 5.39. The molecule has 1 aromatic rings. The molecular formula is C17H26F4N4. The van der Waals surface area contributed by atoms with Crippen LogP contribution in [-0.4, -0.2) is 64.7 Å². The lowest BCUT2D eigenvalue weighted by atomic mass is 9.74. The molecule has 2 aliphatic rings. The van der Waals surface area contributed by atoms with Crippen LogP contribution in [0.2, 0.25) is 0 Å². The van der Waals surface area contributed by atoms with Crippen LogP contribution in [0.25, 0.3) is 0 Å². The first-order valence-corrected chi connectivity index (χ1v) is 8.81. The molecule has 0 aromatic carbocycles. The van der Waals surface area contributed by atoms with Crippen LogP contribution in [-0.2, 0) is 13.6 Å². The smallest absolute Gasteiger partial charge is 0.305 e. The molecule has 2 fully saturated rings. The van der Waals surface area contributed by atoms with Crippen LogP contribution in [0.15, 0.2) is 12.4 Å². The third-order valence-electron chi connectivity index (χ3n) is 5.41. The zero-order chi connectivity index (χ0) is 18.2. The standard InChI is InChI=1S/C17H26F4N4/c1-23(7-12-3-14(4-12)17(19,20)21)11-16-5-15(18)10-25(16)9-13-6-22-24(2)8-13/h6,8,12,14-16H,3-5,7,9-11H2,1-2H3/t12?,14?,15-,16-/m0/s1. The Balaban J connectivity index is 1.47. The van der Waals surface area contributed by atoms with Gasteiger partial charge in [-0.2, -0.15) is 18.3 Å². The number of aryl methyl sites for hydroxylation is 1. The Bertz CT molecular complexity index is 567. The molecule has 2 heterocycles. The molecule has 4 nitrogen and oxygen atoms in total. The number of nitrogens with zero attached hydrogens (tertiary/aromatic N) is 4. The highest BCUT2D eigenvalue weighted by molar-refractivity contribution is 5.05. The van der Waals surface area contributed by atoms with Crippen molar-refractivity contribution >= 4 is 0 Å². The maximum atomic E-state index is 13.9. The van der Waals surface area contributed by atoms with Gasteiger partial charge in [-0.05, 0) is 32.2 Å². The molecule has 1 aliphatic heterocycles. The topological polar surface area (TPSA) is 24.3 Å². The van der Waals surface area contributed by atoms with Crippen LogP contribution in [0.5, 0.6) is 0 Å². The maximum absolute atomic E-state index is 13.9. The van der Waals surface area contributed by atoms with Gasteiger partial charge in [0.1, 0.15) is 6.17 Å². The second-order valence-electron chi connectivity index (χ2n) is 7.74. The van der Waals surface area contributed by atoms with E-state index in [9.17, 15) is 17.6 Å². The lowest BCUT2D eigenvalue weighted by molar-refractivity contribution is -0.205. The van der Waals surface area contributed by atoms with E-state index in [0.29, 0.717) is 32.6 Å². The zero-order valence-electron chi connectivity index (χ0n) is 14.7. The molecule has 0 spiro atoms. The van der Waals surface area contributed by atoms with E-state index in [2.05, 4.69) is 14.9 Å². The van der Waals surface area contributed by atoms with Crippen LogP contribution in [0.1, 0.15) is 24.8 Å². The molecular weight excluding hydrogens is 336 g/mol. The Morgan fingerprint density at radius 3 is 2.56 bits per heavy atom. The maximum Gasteiger partial charge on any atom is 0.391 e. The molecule has 8 heteroatoms. The van der Waals surface area contributed by atoms with E-state index >= 15 is 0 Å². The highest BCUT2D eigenvalue weighted by Gasteiger charge is 2.47. The number of hydrogen-bond donors (Lipinski definition) is 0. The summed E-state index contributed by atoms with van der Waals surface area (Å²) in [6.07, 6.45) is -0.236. The molecule has 1 aromatic heterocycles. The average molecular weight is 362 g/mol. The Labute approximate surface area is 145 Å². The molecule has 3 rings (SSSR count). The Morgan fingerprint density at radius 1 is 1.24 bits per heavy atom. The highest BCUT2D eigenvalue weighted by Crippen LogP contribution is 2.44. The van der Waals surface area contributed by atoms with Crippen molar-refractivity contribution < 1.29 is 17.6 Å². The monoisotopic (exact) mass is 362 g/mol. The van der Waals surface area contributed by atoms with Crippen LogP contribution < -0.4 is 0 Å². The first-order valence-electron chi connectivity index (χ1n) is 8.81. The van der Waals surface area contributed by atoms with Crippen LogP contribution in [0.3, 0.4) is 0 Å². The van der Waals surface area contributed by atoms with Gasteiger partial charge in [-0.15, -0.1) is 0 Å². The van der Waals surface area contributed by atoms with Gasteiger partial charge in [0.25, 0.3) is 0 Å². The Morgan fingerprint density at radius 2 is 1.96 bits per heavy atom. The SMILES string of the molecule is CN(CC1CC(C(F)(F)F)C1)C[C@@H]1C[C@H](F)CN1Cc1cnn(C)c1. The summed E-state index contributed by atoms with van der Waals surface area (Å²) >= 11 is 0. The zero-order valence-corrected chi connectivity index (χ0v) is 14.7. The molecule has 0 unspecified atom stereocenters. The van der Waals surface area contributed by atoms with Crippen molar-refractivity contribution in [2.75, 3.05) is 26.7 Å². The molecule has 1 saturated carbocycles. The normalized spacial score (nSPS) is 30.8. The van der Waals surface area contributed by atoms with Crippen molar-refractivity contribution in [1.82, 2.24) is 19.6 Å². The molecule has 0 bridgehead atoms. The summed E-state index contributed by atoms with van der Waals surface area (Å²) in [6, 6.07) is 0.0960. The second kappa shape index (κ2) is 7.23. The van der Waals surface area contributed by atoms with E-state index in [-0.39, 0.29) is 24.8 Å². The van der Waals surface area contributed by atoms with Gasteiger partial charge in [0, 0.05) is 51.0 Å². The summed E-state index contributed by atoms with van der Waals surface area (Å²) < 4.78 is 53.3. The fraction of sp³-hybridized carbons (Fsp3) is 0.824. The first kappa shape index (κ1) is 18.6. The van der Waals surface area contributed by atoms with Gasteiger partial charge in [0.05, 0.1) is 12.1 Å². The third kappa shape index (κ3) is 4.73. The third-order valence-corrected chi connectivity index (χ3v) is 5.41. The Hall–Kier alpha value is -1.15. The van der Waals surface area contributed by atoms with Crippen molar-refractivity contribution in [2.24, 2.45) is 18.9 Å². The minimum absolute atomic E-state index is 0.0960. The average Bonchev–Trinajstić information content (AvgIpc) is 2.99. The van der Waals surface area contributed by atoms with E-state index in [1.54, 1.807) is 10.9 Å². The quantitative estimate of drug-likeness (QED) is 0.728. The number of rotatable bonds is 6. The number of hydrogen-bond acceptors (Lipinski definition) is 3. The lowest BCUT2D eigenvalue weighted by Crippen LogP contribution is -2.44. The first-order chi connectivity index (χ1) is 11.7. The summed E-state index contributed by atoms with van der Waals surface area (Å²) in [5.41, 5.74) is 1.05. The van der Waals surface area contributed by atoms with E-state index in [4.69, 9.17) is 0 Å². The van der Waals surface area contributed by atoms with Gasteiger partial charge < -0.3 is 4.90 Å². The summed E-state index contributed by atoms with van der Waals surface area (Å²) in [5.74, 6) is -1.03. The summed E-state index contributed by atoms with van der Waals surface area (Å²) in [6.45, 7) is 2.41. The molecule has 0 N–H and O–H groups in total.